The zero-order valence-corrected chi connectivity index (χ0v) is 15.0. The Morgan fingerprint density at radius 3 is 2.24 bits per heavy atom. The second kappa shape index (κ2) is 5.50. The molecule has 0 aromatic heterocycles. The Bertz CT molecular complexity index is 569. The van der Waals surface area contributed by atoms with Crippen LogP contribution < -0.4 is 0 Å². The number of benzene rings is 1. The van der Waals surface area contributed by atoms with Gasteiger partial charge in [-0.05, 0) is 47.6 Å². The molecule has 0 saturated heterocycles. The van der Waals surface area contributed by atoms with Crippen LogP contribution in [0.3, 0.4) is 0 Å². The summed E-state index contributed by atoms with van der Waals surface area (Å²) >= 11 is 2.17. The van der Waals surface area contributed by atoms with E-state index >= 15 is 0 Å². The van der Waals surface area contributed by atoms with Gasteiger partial charge < -0.3 is 0 Å². The van der Waals surface area contributed by atoms with Gasteiger partial charge in [-0.2, -0.15) is 0 Å². The van der Waals surface area contributed by atoms with Crippen molar-refractivity contribution in [3.05, 3.63) is 41.0 Å². The highest BCUT2D eigenvalue weighted by Crippen LogP contribution is 2.60. The summed E-state index contributed by atoms with van der Waals surface area (Å²) in [7, 11) is 0. The molecule has 1 heterocycles. The average molecular weight is 301 g/mol. The number of thioether (sulfide) groups is 1. The lowest BCUT2D eigenvalue weighted by Crippen LogP contribution is -2.14. The van der Waals surface area contributed by atoms with E-state index in [9.17, 15) is 0 Å². The summed E-state index contributed by atoms with van der Waals surface area (Å²) in [4.78, 5) is 1.58. The van der Waals surface area contributed by atoms with Gasteiger partial charge in [0.25, 0.3) is 0 Å². The fourth-order valence-corrected chi connectivity index (χ4v) is 6.38. The number of fused-ring (bicyclic) bond motifs is 1. The van der Waals surface area contributed by atoms with E-state index in [0.29, 0.717) is 5.92 Å². The maximum Gasteiger partial charge on any atom is 0.0191 e. The number of hydrogen-bond acceptors (Lipinski definition) is 1. The molecule has 1 aliphatic heterocycles. The molecule has 5 unspecified atom stereocenters. The molecule has 1 aliphatic carbocycles. The highest BCUT2D eigenvalue weighted by atomic mass is 32.2. The lowest BCUT2D eigenvalue weighted by molar-refractivity contribution is 0.359. The Morgan fingerprint density at radius 1 is 0.952 bits per heavy atom. The minimum absolute atomic E-state index is 0.594. The Morgan fingerprint density at radius 2 is 1.62 bits per heavy atom. The maximum atomic E-state index is 2.47. The topological polar surface area (TPSA) is 0 Å². The zero-order valence-electron chi connectivity index (χ0n) is 14.2. The lowest BCUT2D eigenvalue weighted by Gasteiger charge is -2.20. The van der Waals surface area contributed by atoms with E-state index in [1.165, 1.54) is 11.1 Å². The Balaban J connectivity index is 2.04. The molecular formula is C20H28S. The van der Waals surface area contributed by atoms with Gasteiger partial charge in [-0.15, -0.1) is 11.8 Å². The van der Waals surface area contributed by atoms with E-state index in [0.717, 1.165) is 28.9 Å². The van der Waals surface area contributed by atoms with Crippen LogP contribution in [0.2, 0.25) is 0 Å². The van der Waals surface area contributed by atoms with Crippen LogP contribution in [-0.2, 0) is 0 Å². The van der Waals surface area contributed by atoms with E-state index in [2.05, 4.69) is 77.6 Å². The summed E-state index contributed by atoms with van der Waals surface area (Å²) in [5, 5.41) is 0.796. The number of allylic oxidation sites excluding steroid dienone is 1. The first kappa shape index (κ1) is 15.2. The van der Waals surface area contributed by atoms with Crippen LogP contribution in [0, 0.1) is 23.7 Å². The number of rotatable bonds is 2. The maximum absolute atomic E-state index is 2.47. The van der Waals surface area contributed by atoms with Crippen LogP contribution in [-0.4, -0.2) is 5.25 Å². The number of hydrogen-bond donors (Lipinski definition) is 0. The van der Waals surface area contributed by atoms with Gasteiger partial charge in [0.15, 0.2) is 0 Å². The van der Waals surface area contributed by atoms with Gasteiger partial charge in [-0.1, -0.05) is 64.5 Å². The van der Waals surface area contributed by atoms with Crippen molar-refractivity contribution in [3.63, 3.8) is 0 Å². The molecule has 114 valence electrons. The predicted octanol–water partition coefficient (Wildman–Crippen LogP) is 6.19. The molecule has 0 nitrogen and oxygen atoms in total. The molecule has 3 rings (SSSR count). The van der Waals surface area contributed by atoms with Crippen LogP contribution in [0.1, 0.15) is 58.6 Å². The molecule has 1 aromatic carbocycles. The van der Waals surface area contributed by atoms with Crippen molar-refractivity contribution in [2.75, 3.05) is 0 Å². The predicted molar refractivity (Wildman–Crippen MR) is 95.5 cm³/mol. The third-order valence-electron chi connectivity index (χ3n) is 6.04. The average Bonchev–Trinajstić information content (AvgIpc) is 2.91. The van der Waals surface area contributed by atoms with Crippen molar-refractivity contribution in [1.82, 2.24) is 0 Å². The molecule has 1 saturated carbocycles. The molecule has 1 aromatic rings. The quantitative estimate of drug-likeness (QED) is 0.627. The van der Waals surface area contributed by atoms with Gasteiger partial charge in [0.05, 0.1) is 0 Å². The molecule has 0 radical (unpaired) electrons. The lowest BCUT2D eigenvalue weighted by atomic mass is 9.85. The van der Waals surface area contributed by atoms with Crippen LogP contribution in [0.5, 0.6) is 0 Å². The fraction of sp³-hybridized carbons (Fsp3) is 0.600. The molecule has 0 spiro atoms. The highest BCUT2D eigenvalue weighted by Gasteiger charge is 2.49. The summed E-state index contributed by atoms with van der Waals surface area (Å²) in [5.74, 6) is 3.88. The summed E-state index contributed by atoms with van der Waals surface area (Å²) in [5.41, 5.74) is 4.66. The minimum Gasteiger partial charge on any atom is -0.121 e. The van der Waals surface area contributed by atoms with E-state index in [-0.39, 0.29) is 0 Å². The summed E-state index contributed by atoms with van der Waals surface area (Å²) in [6.07, 6.45) is 0. The minimum atomic E-state index is 0.594. The normalized spacial score (nSPS) is 35.7. The summed E-state index contributed by atoms with van der Waals surface area (Å²) < 4.78 is 0. The van der Waals surface area contributed by atoms with Gasteiger partial charge in [0.2, 0.25) is 0 Å². The van der Waals surface area contributed by atoms with E-state index in [4.69, 9.17) is 0 Å². The molecule has 2 aliphatic rings. The third kappa shape index (κ3) is 2.29. The van der Waals surface area contributed by atoms with Crippen LogP contribution in [0.25, 0.3) is 4.91 Å². The van der Waals surface area contributed by atoms with Crippen molar-refractivity contribution < 1.29 is 0 Å². The second-order valence-electron chi connectivity index (χ2n) is 7.44. The van der Waals surface area contributed by atoms with E-state index < -0.39 is 0 Å². The van der Waals surface area contributed by atoms with Crippen LogP contribution >= 0.6 is 11.8 Å². The Hall–Kier alpha value is -0.690. The largest absolute Gasteiger partial charge is 0.121 e. The standard InChI is InChI=1S/C20H28S/c1-11(2)16-9-7-8-10-17(16)19-15(6)18-13(4)12(3)14(5)20(18)21-19/h7-14,18,20H,1-6H3. The van der Waals surface area contributed by atoms with Crippen molar-refractivity contribution >= 4 is 16.7 Å². The van der Waals surface area contributed by atoms with E-state index in [1.54, 1.807) is 10.5 Å². The summed E-state index contributed by atoms with van der Waals surface area (Å²) in [6, 6.07) is 9.03. The van der Waals surface area contributed by atoms with Crippen molar-refractivity contribution in [3.8, 4) is 0 Å². The zero-order chi connectivity index (χ0) is 15.3. The molecular weight excluding hydrogens is 272 g/mol. The SMILES string of the molecule is CC1=C(c2ccccc2C(C)C)SC2C(C)C(C)C(C)C12. The van der Waals surface area contributed by atoms with Gasteiger partial charge in [-0.25, -0.2) is 0 Å². The first-order chi connectivity index (χ1) is 9.93. The van der Waals surface area contributed by atoms with Gasteiger partial charge in [0, 0.05) is 10.2 Å². The first-order valence-corrected chi connectivity index (χ1v) is 9.28. The summed E-state index contributed by atoms with van der Waals surface area (Å²) in [6.45, 7) is 14.4. The van der Waals surface area contributed by atoms with Gasteiger partial charge in [-0.3, -0.25) is 0 Å². The monoisotopic (exact) mass is 300 g/mol. The van der Waals surface area contributed by atoms with Crippen molar-refractivity contribution in [2.24, 2.45) is 23.7 Å². The van der Waals surface area contributed by atoms with Gasteiger partial charge >= 0.3 is 0 Å². The van der Waals surface area contributed by atoms with Crippen LogP contribution in [0.4, 0.5) is 0 Å². The smallest absolute Gasteiger partial charge is 0.0191 e. The molecule has 21 heavy (non-hydrogen) atoms. The van der Waals surface area contributed by atoms with Crippen molar-refractivity contribution in [1.29, 1.82) is 0 Å². The molecule has 5 atom stereocenters. The third-order valence-corrected chi connectivity index (χ3v) is 7.81. The molecule has 0 bridgehead atoms. The fourth-order valence-electron chi connectivity index (χ4n) is 4.42. The first-order valence-electron chi connectivity index (χ1n) is 8.40. The second-order valence-corrected chi connectivity index (χ2v) is 8.63. The Kier molecular flexibility index (Phi) is 3.98. The molecule has 0 N–H and O–H groups in total. The Labute approximate surface area is 134 Å². The molecule has 0 amide bonds. The highest BCUT2D eigenvalue weighted by molar-refractivity contribution is 8.09. The van der Waals surface area contributed by atoms with Crippen LogP contribution in [0.15, 0.2) is 29.8 Å². The molecule has 1 heteroatoms. The van der Waals surface area contributed by atoms with E-state index in [1.807, 2.05) is 0 Å². The van der Waals surface area contributed by atoms with Gasteiger partial charge in [0.1, 0.15) is 0 Å². The van der Waals surface area contributed by atoms with Crippen molar-refractivity contribution in [2.45, 2.75) is 52.7 Å². The molecule has 1 fully saturated rings.